The Balaban J connectivity index is 1.51. The Morgan fingerprint density at radius 1 is 1.18 bits per heavy atom. The normalized spacial score (nSPS) is 16.8. The number of anilines is 1. The fourth-order valence-corrected chi connectivity index (χ4v) is 4.72. The van der Waals surface area contributed by atoms with E-state index < -0.39 is 6.04 Å². The van der Waals surface area contributed by atoms with Gasteiger partial charge in [-0.3, -0.25) is 9.59 Å². The van der Waals surface area contributed by atoms with Crippen molar-refractivity contribution in [3.05, 3.63) is 51.7 Å². The van der Waals surface area contributed by atoms with Gasteiger partial charge in [0.25, 0.3) is 5.91 Å². The number of carbonyl (C=O) groups is 2. The second-order valence-electron chi connectivity index (χ2n) is 6.68. The zero-order valence-electron chi connectivity index (χ0n) is 15.4. The molecule has 2 aromatic heterocycles. The first-order chi connectivity index (χ1) is 13.6. The van der Waals surface area contributed by atoms with Crippen molar-refractivity contribution in [3.8, 4) is 10.6 Å². The molecular formula is C20H20N4O2S2. The maximum atomic E-state index is 13.0. The lowest BCUT2D eigenvalue weighted by Crippen LogP contribution is -2.49. The lowest BCUT2D eigenvalue weighted by atomic mass is 10.0. The molecule has 4 rings (SSSR count). The summed E-state index contributed by atoms with van der Waals surface area (Å²) in [5.41, 5.74) is 1.61. The molecule has 2 amide bonds. The molecule has 0 spiro atoms. The fraction of sp³-hybridized carbons (Fsp3) is 0.300. The van der Waals surface area contributed by atoms with Gasteiger partial charge in [0, 0.05) is 17.8 Å². The quantitative estimate of drug-likeness (QED) is 0.697. The Hall–Kier alpha value is -2.58. The number of thiophene rings is 1. The van der Waals surface area contributed by atoms with Crippen LogP contribution in [0.25, 0.3) is 10.6 Å². The maximum Gasteiger partial charge on any atom is 0.264 e. The zero-order chi connectivity index (χ0) is 19.5. The first-order valence-electron chi connectivity index (χ1n) is 9.18. The van der Waals surface area contributed by atoms with Crippen LogP contribution in [0, 0.1) is 6.92 Å². The van der Waals surface area contributed by atoms with Gasteiger partial charge in [0.15, 0.2) is 0 Å². The third kappa shape index (κ3) is 3.98. The lowest BCUT2D eigenvalue weighted by molar-refractivity contribution is -0.121. The summed E-state index contributed by atoms with van der Waals surface area (Å²) in [4.78, 5) is 28.2. The Kier molecular flexibility index (Phi) is 5.50. The predicted octanol–water partition coefficient (Wildman–Crippen LogP) is 4.21. The molecule has 1 saturated heterocycles. The predicted molar refractivity (Wildman–Crippen MR) is 112 cm³/mol. The van der Waals surface area contributed by atoms with Crippen molar-refractivity contribution in [2.75, 3.05) is 11.9 Å². The van der Waals surface area contributed by atoms with E-state index in [1.807, 2.05) is 48.7 Å². The molecule has 0 radical (unpaired) electrons. The number of aryl methyl sites for hydroxylation is 1. The van der Waals surface area contributed by atoms with Gasteiger partial charge in [-0.15, -0.1) is 21.5 Å². The SMILES string of the molecule is Cc1nnc(-c2cccc(NC(=O)[C@H]3CCCCN3C(=O)c3cccs3)c2)s1. The highest BCUT2D eigenvalue weighted by atomic mass is 32.1. The van der Waals surface area contributed by atoms with Gasteiger partial charge in [-0.05, 0) is 49.8 Å². The van der Waals surface area contributed by atoms with Crippen molar-refractivity contribution >= 4 is 40.2 Å². The van der Waals surface area contributed by atoms with Crippen LogP contribution in [-0.4, -0.2) is 39.5 Å². The van der Waals surface area contributed by atoms with E-state index in [-0.39, 0.29) is 11.8 Å². The molecule has 0 bridgehead atoms. The number of piperidine rings is 1. The summed E-state index contributed by atoms with van der Waals surface area (Å²) in [6, 6.07) is 10.8. The number of nitrogens with zero attached hydrogens (tertiary/aromatic N) is 3. The Labute approximate surface area is 171 Å². The number of likely N-dealkylation sites (tertiary alicyclic amines) is 1. The van der Waals surface area contributed by atoms with Crippen LogP contribution in [0.1, 0.15) is 33.9 Å². The molecule has 1 atom stereocenters. The van der Waals surface area contributed by atoms with Gasteiger partial charge in [-0.1, -0.05) is 29.5 Å². The third-order valence-electron chi connectivity index (χ3n) is 4.70. The molecule has 6 nitrogen and oxygen atoms in total. The van der Waals surface area contributed by atoms with Crippen LogP contribution in [0.5, 0.6) is 0 Å². The average molecular weight is 413 g/mol. The van der Waals surface area contributed by atoms with Crippen molar-refractivity contribution in [1.82, 2.24) is 15.1 Å². The molecule has 1 fully saturated rings. The van der Waals surface area contributed by atoms with E-state index in [0.717, 1.165) is 28.4 Å². The van der Waals surface area contributed by atoms with Crippen LogP contribution >= 0.6 is 22.7 Å². The fourth-order valence-electron chi connectivity index (χ4n) is 3.36. The number of hydrogen-bond donors (Lipinski definition) is 1. The zero-order valence-corrected chi connectivity index (χ0v) is 17.1. The van der Waals surface area contributed by atoms with E-state index in [2.05, 4.69) is 15.5 Å². The first-order valence-corrected chi connectivity index (χ1v) is 10.9. The molecule has 3 aromatic rings. The van der Waals surface area contributed by atoms with Gasteiger partial charge in [-0.2, -0.15) is 0 Å². The standard InChI is InChI=1S/C20H20N4O2S2/c1-13-22-23-19(28-13)14-6-4-7-15(12-14)21-18(25)16-8-2-3-10-24(16)20(26)17-9-5-11-27-17/h4-7,9,11-12,16H,2-3,8,10H2,1H3,(H,21,25)/t16-/m1/s1. The van der Waals surface area contributed by atoms with E-state index in [4.69, 9.17) is 0 Å². The van der Waals surface area contributed by atoms with Gasteiger partial charge in [0.1, 0.15) is 16.1 Å². The summed E-state index contributed by atoms with van der Waals surface area (Å²) >= 11 is 2.92. The summed E-state index contributed by atoms with van der Waals surface area (Å²) < 4.78 is 0. The molecule has 1 aliphatic heterocycles. The van der Waals surface area contributed by atoms with E-state index in [1.54, 1.807) is 4.90 Å². The number of rotatable bonds is 4. The van der Waals surface area contributed by atoms with Gasteiger partial charge >= 0.3 is 0 Å². The molecular weight excluding hydrogens is 392 g/mol. The minimum absolute atomic E-state index is 0.0621. The highest BCUT2D eigenvalue weighted by Crippen LogP contribution is 2.27. The Bertz CT molecular complexity index is 984. The monoisotopic (exact) mass is 412 g/mol. The Morgan fingerprint density at radius 2 is 2.07 bits per heavy atom. The largest absolute Gasteiger partial charge is 0.326 e. The van der Waals surface area contributed by atoms with Crippen LogP contribution in [0.3, 0.4) is 0 Å². The number of nitrogens with one attached hydrogen (secondary N) is 1. The molecule has 1 N–H and O–H groups in total. The van der Waals surface area contributed by atoms with Gasteiger partial charge in [-0.25, -0.2) is 0 Å². The van der Waals surface area contributed by atoms with Crippen LogP contribution in [0.15, 0.2) is 41.8 Å². The molecule has 1 aliphatic rings. The summed E-state index contributed by atoms with van der Waals surface area (Å²) in [6.45, 7) is 2.52. The molecule has 0 unspecified atom stereocenters. The Morgan fingerprint density at radius 3 is 2.82 bits per heavy atom. The van der Waals surface area contributed by atoms with Gasteiger partial charge in [0.2, 0.25) is 5.91 Å². The molecule has 8 heteroatoms. The molecule has 3 heterocycles. The van der Waals surface area contributed by atoms with Crippen molar-refractivity contribution in [3.63, 3.8) is 0 Å². The average Bonchev–Trinajstić information content (AvgIpc) is 3.39. The number of benzene rings is 1. The number of carbonyl (C=O) groups excluding carboxylic acids is 2. The van der Waals surface area contributed by atoms with E-state index in [1.165, 1.54) is 22.7 Å². The molecule has 1 aromatic carbocycles. The molecule has 0 aliphatic carbocycles. The number of hydrogen-bond acceptors (Lipinski definition) is 6. The van der Waals surface area contributed by atoms with Crippen LogP contribution in [0.2, 0.25) is 0 Å². The second kappa shape index (κ2) is 8.20. The second-order valence-corrected chi connectivity index (χ2v) is 8.81. The molecule has 28 heavy (non-hydrogen) atoms. The van der Waals surface area contributed by atoms with Crippen molar-refractivity contribution in [1.29, 1.82) is 0 Å². The first kappa shape index (κ1) is 18.8. The van der Waals surface area contributed by atoms with Crippen LogP contribution in [-0.2, 0) is 4.79 Å². The minimum atomic E-state index is -0.448. The topological polar surface area (TPSA) is 75.2 Å². The smallest absolute Gasteiger partial charge is 0.264 e. The molecule has 0 saturated carbocycles. The highest BCUT2D eigenvalue weighted by Gasteiger charge is 2.33. The lowest BCUT2D eigenvalue weighted by Gasteiger charge is -2.34. The third-order valence-corrected chi connectivity index (χ3v) is 6.45. The van der Waals surface area contributed by atoms with Crippen molar-refractivity contribution < 1.29 is 9.59 Å². The summed E-state index contributed by atoms with van der Waals surface area (Å²) in [6.07, 6.45) is 2.54. The van der Waals surface area contributed by atoms with E-state index in [0.29, 0.717) is 23.5 Å². The maximum absolute atomic E-state index is 13.0. The van der Waals surface area contributed by atoms with E-state index in [9.17, 15) is 9.59 Å². The van der Waals surface area contributed by atoms with Gasteiger partial charge < -0.3 is 10.2 Å². The summed E-state index contributed by atoms with van der Waals surface area (Å²) in [5, 5.41) is 14.8. The van der Waals surface area contributed by atoms with E-state index >= 15 is 0 Å². The number of aromatic nitrogens is 2. The summed E-state index contributed by atoms with van der Waals surface area (Å²) in [5.74, 6) is -0.205. The van der Waals surface area contributed by atoms with Gasteiger partial charge in [0.05, 0.1) is 4.88 Å². The minimum Gasteiger partial charge on any atom is -0.326 e. The highest BCUT2D eigenvalue weighted by molar-refractivity contribution is 7.14. The van der Waals surface area contributed by atoms with Crippen LogP contribution < -0.4 is 5.32 Å². The van der Waals surface area contributed by atoms with Crippen LogP contribution in [0.4, 0.5) is 5.69 Å². The van der Waals surface area contributed by atoms with Crippen molar-refractivity contribution in [2.45, 2.75) is 32.2 Å². The summed E-state index contributed by atoms with van der Waals surface area (Å²) in [7, 11) is 0. The van der Waals surface area contributed by atoms with Crippen molar-refractivity contribution in [2.24, 2.45) is 0 Å². The number of amides is 2. The molecule has 144 valence electrons.